The summed E-state index contributed by atoms with van der Waals surface area (Å²) in [5.74, 6) is -0.519. The third-order valence-corrected chi connectivity index (χ3v) is 6.47. The summed E-state index contributed by atoms with van der Waals surface area (Å²) in [6, 6.07) is 9.33. The first-order chi connectivity index (χ1) is 10.6. The molecule has 5 nitrogen and oxygen atoms in total. The predicted octanol–water partition coefficient (Wildman–Crippen LogP) is 2.89. The predicted molar refractivity (Wildman–Crippen MR) is 92.1 cm³/mol. The molecule has 1 aromatic heterocycles. The molecular weight excluding hydrogens is 332 g/mol. The van der Waals surface area contributed by atoms with Crippen LogP contribution in [-0.2, 0) is 14.6 Å². The smallest absolute Gasteiger partial charge is 0.238 e. The molecule has 1 N–H and O–H groups in total. The van der Waals surface area contributed by atoms with Crippen molar-refractivity contribution in [3.05, 3.63) is 35.7 Å². The zero-order valence-corrected chi connectivity index (χ0v) is 15.2. The van der Waals surface area contributed by atoms with Crippen LogP contribution in [0.4, 0.5) is 0 Å². The van der Waals surface area contributed by atoms with Crippen molar-refractivity contribution in [3.8, 4) is 11.3 Å². The van der Waals surface area contributed by atoms with Gasteiger partial charge in [0.1, 0.15) is 5.25 Å². The second-order valence-electron chi connectivity index (χ2n) is 6.29. The number of rotatable bonds is 4. The maximum absolute atomic E-state index is 12.6. The number of amides is 1. The fourth-order valence-electron chi connectivity index (χ4n) is 1.89. The molecule has 0 fully saturated rings. The highest BCUT2D eigenvalue weighted by atomic mass is 32.2. The first kappa shape index (κ1) is 17.6. The Hall–Kier alpha value is -1.73. The lowest BCUT2D eigenvalue weighted by Gasteiger charge is -2.22. The van der Waals surface area contributed by atoms with Crippen molar-refractivity contribution in [2.45, 2.75) is 42.8 Å². The summed E-state index contributed by atoms with van der Waals surface area (Å²) in [5.41, 5.74) is 0.952. The third-order valence-electron chi connectivity index (χ3n) is 3.13. The molecule has 0 spiro atoms. The Morgan fingerprint density at radius 3 is 2.39 bits per heavy atom. The Morgan fingerprint density at radius 1 is 1.22 bits per heavy atom. The molecule has 0 radical (unpaired) electrons. The highest BCUT2D eigenvalue weighted by Crippen LogP contribution is 2.26. The molecule has 0 aliphatic heterocycles. The second-order valence-corrected chi connectivity index (χ2v) is 9.59. The first-order valence-electron chi connectivity index (χ1n) is 7.18. The zero-order valence-electron chi connectivity index (χ0n) is 13.5. The summed E-state index contributed by atoms with van der Waals surface area (Å²) in [4.78, 5) is 16.3. The summed E-state index contributed by atoms with van der Waals surface area (Å²) in [7, 11) is -3.80. The molecule has 2 rings (SSSR count). The Bertz CT molecular complexity index is 790. The van der Waals surface area contributed by atoms with Gasteiger partial charge >= 0.3 is 0 Å². The zero-order chi connectivity index (χ0) is 17.3. The average molecular weight is 352 g/mol. The van der Waals surface area contributed by atoms with E-state index in [1.165, 1.54) is 6.92 Å². The number of sulfone groups is 1. The molecule has 2 aromatic rings. The summed E-state index contributed by atoms with van der Waals surface area (Å²) >= 11 is 1.04. The molecule has 0 saturated carbocycles. The van der Waals surface area contributed by atoms with Gasteiger partial charge in [-0.25, -0.2) is 13.4 Å². The molecule has 1 heterocycles. The van der Waals surface area contributed by atoms with Crippen molar-refractivity contribution in [1.29, 1.82) is 0 Å². The fourth-order valence-corrected chi connectivity index (χ4v) is 4.43. The normalized spacial score (nSPS) is 13.6. The van der Waals surface area contributed by atoms with Gasteiger partial charge in [0.05, 0.1) is 5.69 Å². The monoisotopic (exact) mass is 352 g/mol. The van der Waals surface area contributed by atoms with Crippen LogP contribution in [0.5, 0.6) is 0 Å². The Morgan fingerprint density at radius 2 is 1.83 bits per heavy atom. The van der Waals surface area contributed by atoms with Gasteiger partial charge in [-0.2, -0.15) is 0 Å². The largest absolute Gasteiger partial charge is 0.350 e. The van der Waals surface area contributed by atoms with E-state index >= 15 is 0 Å². The molecule has 0 aliphatic rings. The van der Waals surface area contributed by atoms with E-state index < -0.39 is 26.5 Å². The van der Waals surface area contributed by atoms with E-state index in [0.717, 1.165) is 16.9 Å². The van der Waals surface area contributed by atoms with Crippen LogP contribution in [0.25, 0.3) is 11.3 Å². The Kier molecular flexibility index (Phi) is 4.91. The van der Waals surface area contributed by atoms with Crippen LogP contribution in [0.15, 0.2) is 40.1 Å². The van der Waals surface area contributed by atoms with Gasteiger partial charge in [0.25, 0.3) is 0 Å². The van der Waals surface area contributed by atoms with Crippen molar-refractivity contribution in [2.75, 3.05) is 0 Å². The van der Waals surface area contributed by atoms with Gasteiger partial charge in [-0.1, -0.05) is 30.3 Å². The molecule has 7 heteroatoms. The summed E-state index contributed by atoms with van der Waals surface area (Å²) in [6.45, 7) is 6.81. The highest BCUT2D eigenvalue weighted by Gasteiger charge is 2.34. The van der Waals surface area contributed by atoms with E-state index in [0.29, 0.717) is 5.69 Å². The number of nitrogens with zero attached hydrogens (tertiary/aromatic N) is 1. The van der Waals surface area contributed by atoms with Gasteiger partial charge in [0, 0.05) is 16.5 Å². The van der Waals surface area contributed by atoms with E-state index in [1.54, 1.807) is 26.2 Å². The molecule has 0 saturated heterocycles. The van der Waals surface area contributed by atoms with Gasteiger partial charge in [0.15, 0.2) is 0 Å². The highest BCUT2D eigenvalue weighted by molar-refractivity contribution is 7.94. The Labute approximate surface area is 140 Å². The SMILES string of the molecule is C[C@H](C(=O)NC(C)(C)C)S(=O)(=O)c1nc(-c2ccccc2)cs1. The topological polar surface area (TPSA) is 76.1 Å². The third kappa shape index (κ3) is 4.17. The van der Waals surface area contributed by atoms with E-state index in [4.69, 9.17) is 0 Å². The van der Waals surface area contributed by atoms with Crippen LogP contribution in [-0.4, -0.2) is 30.1 Å². The van der Waals surface area contributed by atoms with E-state index in [2.05, 4.69) is 10.3 Å². The van der Waals surface area contributed by atoms with E-state index in [-0.39, 0.29) is 4.34 Å². The minimum Gasteiger partial charge on any atom is -0.350 e. The number of thiazole rings is 1. The van der Waals surface area contributed by atoms with Crippen LogP contribution in [0.3, 0.4) is 0 Å². The molecule has 1 amide bonds. The van der Waals surface area contributed by atoms with Crippen LogP contribution >= 0.6 is 11.3 Å². The first-order valence-corrected chi connectivity index (χ1v) is 9.61. The van der Waals surface area contributed by atoms with E-state index in [9.17, 15) is 13.2 Å². The van der Waals surface area contributed by atoms with Crippen LogP contribution in [0, 0.1) is 0 Å². The number of carbonyl (C=O) groups is 1. The number of carbonyl (C=O) groups excluding carboxylic acids is 1. The minimum absolute atomic E-state index is 0.0343. The minimum atomic E-state index is -3.80. The Balaban J connectivity index is 2.27. The lowest BCUT2D eigenvalue weighted by Crippen LogP contribution is -2.47. The van der Waals surface area contributed by atoms with Gasteiger partial charge in [-0.15, -0.1) is 11.3 Å². The molecular formula is C16H20N2O3S2. The van der Waals surface area contributed by atoms with Gasteiger partial charge in [-0.05, 0) is 27.7 Å². The molecule has 0 bridgehead atoms. The summed E-state index contributed by atoms with van der Waals surface area (Å²) < 4.78 is 25.1. The maximum Gasteiger partial charge on any atom is 0.238 e. The summed E-state index contributed by atoms with van der Waals surface area (Å²) in [5, 5.41) is 3.20. The van der Waals surface area contributed by atoms with Crippen molar-refractivity contribution < 1.29 is 13.2 Å². The van der Waals surface area contributed by atoms with Gasteiger partial charge in [-0.3, -0.25) is 4.79 Å². The number of nitrogens with one attached hydrogen (secondary N) is 1. The van der Waals surface area contributed by atoms with E-state index in [1.807, 2.05) is 30.3 Å². The number of hydrogen-bond acceptors (Lipinski definition) is 5. The van der Waals surface area contributed by atoms with Crippen LogP contribution in [0.2, 0.25) is 0 Å². The van der Waals surface area contributed by atoms with Gasteiger partial charge in [0.2, 0.25) is 20.1 Å². The van der Waals surface area contributed by atoms with Crippen molar-refractivity contribution in [2.24, 2.45) is 0 Å². The molecule has 124 valence electrons. The van der Waals surface area contributed by atoms with Crippen LogP contribution < -0.4 is 5.32 Å². The van der Waals surface area contributed by atoms with Crippen molar-refractivity contribution in [1.82, 2.24) is 10.3 Å². The average Bonchev–Trinajstić information content (AvgIpc) is 2.96. The lowest BCUT2D eigenvalue weighted by atomic mass is 10.1. The molecule has 23 heavy (non-hydrogen) atoms. The standard InChI is InChI=1S/C16H20N2O3S2/c1-11(14(19)18-16(2,3)4)23(20,21)15-17-13(10-22-15)12-8-6-5-7-9-12/h5-11H,1-4H3,(H,18,19)/t11-/m1/s1. The fraction of sp³-hybridized carbons (Fsp3) is 0.375. The summed E-state index contributed by atoms with van der Waals surface area (Å²) in [6.07, 6.45) is 0. The number of aromatic nitrogens is 1. The van der Waals surface area contributed by atoms with Crippen molar-refractivity contribution in [3.63, 3.8) is 0 Å². The number of hydrogen-bond donors (Lipinski definition) is 1. The quantitative estimate of drug-likeness (QED) is 0.918. The molecule has 0 aliphatic carbocycles. The maximum atomic E-state index is 12.6. The van der Waals surface area contributed by atoms with Gasteiger partial charge < -0.3 is 5.32 Å². The molecule has 0 unspecified atom stereocenters. The second kappa shape index (κ2) is 6.41. The molecule has 1 atom stereocenters. The van der Waals surface area contributed by atoms with Crippen LogP contribution in [0.1, 0.15) is 27.7 Å². The lowest BCUT2D eigenvalue weighted by molar-refractivity contribution is -0.121. The number of benzene rings is 1. The van der Waals surface area contributed by atoms with Crippen molar-refractivity contribution >= 4 is 27.1 Å². The molecule has 1 aromatic carbocycles.